The van der Waals surface area contributed by atoms with Gasteiger partial charge in [0, 0.05) is 6.42 Å². The molecule has 1 aliphatic carbocycles. The summed E-state index contributed by atoms with van der Waals surface area (Å²) in [5.41, 5.74) is -0.607. The smallest absolute Gasteiger partial charge is 0.118 e. The lowest BCUT2D eigenvalue weighted by Crippen LogP contribution is -2.49. The molecule has 3 heteroatoms. The molecule has 3 nitrogen and oxygen atoms in total. The summed E-state index contributed by atoms with van der Waals surface area (Å²) in [4.78, 5) is 0. The van der Waals surface area contributed by atoms with Gasteiger partial charge >= 0.3 is 0 Å². The lowest BCUT2D eigenvalue weighted by Gasteiger charge is -2.45. The third kappa shape index (κ3) is 3.22. The van der Waals surface area contributed by atoms with Crippen molar-refractivity contribution in [2.24, 2.45) is 11.3 Å². The van der Waals surface area contributed by atoms with E-state index in [2.05, 4.69) is 13.0 Å². The van der Waals surface area contributed by atoms with Gasteiger partial charge in [0.1, 0.15) is 5.75 Å². The molecule has 3 unspecified atom stereocenters. The molecule has 0 saturated heterocycles. The SMILES string of the molecule is COc1ccc(CC(C)(O)C2(C#N)CCCC(C)C2)cc1. The number of nitriles is 1. The Kier molecular flexibility index (Phi) is 4.58. The molecular formula is C18H25NO2. The monoisotopic (exact) mass is 287 g/mol. The van der Waals surface area contributed by atoms with Gasteiger partial charge in [-0.25, -0.2) is 0 Å². The summed E-state index contributed by atoms with van der Waals surface area (Å²) in [5.74, 6) is 1.31. The first-order valence-electron chi connectivity index (χ1n) is 7.69. The molecule has 0 amide bonds. The number of rotatable bonds is 4. The van der Waals surface area contributed by atoms with Gasteiger partial charge in [0.2, 0.25) is 0 Å². The van der Waals surface area contributed by atoms with Crippen molar-refractivity contribution in [2.75, 3.05) is 7.11 Å². The minimum Gasteiger partial charge on any atom is -0.497 e. The van der Waals surface area contributed by atoms with Crippen LogP contribution in [0.25, 0.3) is 0 Å². The average molecular weight is 287 g/mol. The van der Waals surface area contributed by atoms with Gasteiger partial charge < -0.3 is 9.84 Å². The van der Waals surface area contributed by atoms with E-state index in [-0.39, 0.29) is 0 Å². The van der Waals surface area contributed by atoms with Crippen LogP contribution in [-0.2, 0) is 6.42 Å². The number of hydrogen-bond donors (Lipinski definition) is 1. The van der Waals surface area contributed by atoms with Crippen molar-refractivity contribution in [3.8, 4) is 11.8 Å². The van der Waals surface area contributed by atoms with E-state index in [0.717, 1.165) is 37.0 Å². The molecule has 1 aliphatic rings. The topological polar surface area (TPSA) is 53.2 Å². The van der Waals surface area contributed by atoms with Crippen molar-refractivity contribution in [2.45, 2.75) is 51.6 Å². The van der Waals surface area contributed by atoms with E-state index < -0.39 is 11.0 Å². The standard InChI is InChI=1S/C18H25NO2/c1-14-5-4-10-18(11-14,13-19)17(2,20)12-15-6-8-16(21-3)9-7-15/h6-9,14,20H,4-5,10-12H2,1-3H3. The highest BCUT2D eigenvalue weighted by Gasteiger charge is 2.49. The van der Waals surface area contributed by atoms with Gasteiger partial charge in [0.25, 0.3) is 0 Å². The van der Waals surface area contributed by atoms with Crippen LogP contribution in [-0.4, -0.2) is 17.8 Å². The second kappa shape index (κ2) is 6.07. The molecule has 114 valence electrons. The second-order valence-corrected chi connectivity index (χ2v) is 6.69. The van der Waals surface area contributed by atoms with Crippen LogP contribution >= 0.6 is 0 Å². The Hall–Kier alpha value is -1.53. The molecule has 1 aromatic carbocycles. The molecule has 3 atom stereocenters. The highest BCUT2D eigenvalue weighted by molar-refractivity contribution is 5.29. The van der Waals surface area contributed by atoms with E-state index in [4.69, 9.17) is 4.74 Å². The number of hydrogen-bond acceptors (Lipinski definition) is 3. The number of aliphatic hydroxyl groups is 1. The zero-order chi connectivity index (χ0) is 15.5. The van der Waals surface area contributed by atoms with E-state index >= 15 is 0 Å². The van der Waals surface area contributed by atoms with Crippen LogP contribution in [0.3, 0.4) is 0 Å². The quantitative estimate of drug-likeness (QED) is 0.918. The fourth-order valence-electron chi connectivity index (χ4n) is 3.57. The van der Waals surface area contributed by atoms with E-state index in [1.807, 2.05) is 31.2 Å². The maximum atomic E-state index is 11.0. The molecule has 21 heavy (non-hydrogen) atoms. The predicted octanol–water partition coefficient (Wildman–Crippen LogP) is 3.71. The summed E-state index contributed by atoms with van der Waals surface area (Å²) >= 11 is 0. The number of methoxy groups -OCH3 is 1. The van der Waals surface area contributed by atoms with Crippen molar-refractivity contribution in [3.05, 3.63) is 29.8 Å². The summed E-state index contributed by atoms with van der Waals surface area (Å²) in [6, 6.07) is 10.2. The van der Waals surface area contributed by atoms with Crippen LogP contribution in [0, 0.1) is 22.7 Å². The first-order valence-corrected chi connectivity index (χ1v) is 7.69. The Morgan fingerprint density at radius 2 is 2.10 bits per heavy atom. The Morgan fingerprint density at radius 1 is 1.43 bits per heavy atom. The normalized spacial score (nSPS) is 28.4. The molecule has 0 aromatic heterocycles. The van der Waals surface area contributed by atoms with Crippen LogP contribution < -0.4 is 4.74 Å². The summed E-state index contributed by atoms with van der Waals surface area (Å²) in [6.07, 6.45) is 4.25. The molecule has 1 saturated carbocycles. The highest BCUT2D eigenvalue weighted by Crippen LogP contribution is 2.47. The molecule has 1 aromatic rings. The lowest BCUT2D eigenvalue weighted by molar-refractivity contribution is -0.0655. The van der Waals surface area contributed by atoms with Crippen molar-refractivity contribution < 1.29 is 9.84 Å². The summed E-state index contributed by atoms with van der Waals surface area (Å²) in [5, 5.41) is 20.8. The Bertz CT molecular complexity index is 515. The first kappa shape index (κ1) is 15.9. The molecule has 0 aliphatic heterocycles. The molecule has 2 rings (SSSR count). The van der Waals surface area contributed by atoms with Gasteiger partial charge in [-0.1, -0.05) is 31.9 Å². The number of benzene rings is 1. The predicted molar refractivity (Wildman–Crippen MR) is 83.0 cm³/mol. The summed E-state index contributed by atoms with van der Waals surface area (Å²) < 4.78 is 5.16. The highest BCUT2D eigenvalue weighted by atomic mass is 16.5. The maximum Gasteiger partial charge on any atom is 0.118 e. The van der Waals surface area contributed by atoms with Crippen molar-refractivity contribution in [1.82, 2.24) is 0 Å². The molecular weight excluding hydrogens is 262 g/mol. The van der Waals surface area contributed by atoms with Gasteiger partial charge in [0.15, 0.2) is 0 Å². The van der Waals surface area contributed by atoms with Gasteiger partial charge in [-0.05, 0) is 43.4 Å². The van der Waals surface area contributed by atoms with Crippen molar-refractivity contribution in [1.29, 1.82) is 5.26 Å². The zero-order valence-electron chi connectivity index (χ0n) is 13.2. The minimum absolute atomic E-state index is 0.497. The maximum absolute atomic E-state index is 11.0. The molecule has 0 bridgehead atoms. The Labute approximate surface area is 127 Å². The Balaban J connectivity index is 2.20. The summed E-state index contributed by atoms with van der Waals surface area (Å²) in [6.45, 7) is 3.99. The number of ether oxygens (including phenoxy) is 1. The third-order valence-corrected chi connectivity index (χ3v) is 4.95. The molecule has 0 heterocycles. The van der Waals surface area contributed by atoms with Gasteiger partial charge in [-0.15, -0.1) is 0 Å². The van der Waals surface area contributed by atoms with Gasteiger partial charge in [-0.2, -0.15) is 5.26 Å². The van der Waals surface area contributed by atoms with Crippen molar-refractivity contribution in [3.63, 3.8) is 0 Å². The Morgan fingerprint density at radius 3 is 2.62 bits per heavy atom. The molecule has 1 fully saturated rings. The van der Waals surface area contributed by atoms with Gasteiger partial charge in [-0.3, -0.25) is 0 Å². The molecule has 0 spiro atoms. The zero-order valence-corrected chi connectivity index (χ0v) is 13.2. The first-order chi connectivity index (χ1) is 9.92. The number of nitrogens with zero attached hydrogens (tertiary/aromatic N) is 1. The minimum atomic E-state index is -1.01. The van der Waals surface area contributed by atoms with Crippen LogP contribution in [0.4, 0.5) is 0 Å². The molecule has 0 radical (unpaired) electrons. The van der Waals surface area contributed by atoms with E-state index in [9.17, 15) is 10.4 Å². The van der Waals surface area contributed by atoms with Crippen LogP contribution in [0.5, 0.6) is 5.75 Å². The second-order valence-electron chi connectivity index (χ2n) is 6.69. The van der Waals surface area contributed by atoms with Crippen molar-refractivity contribution >= 4 is 0 Å². The largest absolute Gasteiger partial charge is 0.497 e. The van der Waals surface area contributed by atoms with E-state index in [0.29, 0.717) is 12.3 Å². The van der Waals surface area contributed by atoms with Crippen LogP contribution in [0.1, 0.15) is 45.1 Å². The van der Waals surface area contributed by atoms with Crippen LogP contribution in [0.2, 0.25) is 0 Å². The molecule has 1 N–H and O–H groups in total. The van der Waals surface area contributed by atoms with Gasteiger partial charge in [0.05, 0.1) is 24.2 Å². The average Bonchev–Trinajstić information content (AvgIpc) is 2.47. The van der Waals surface area contributed by atoms with E-state index in [1.165, 1.54) is 0 Å². The third-order valence-electron chi connectivity index (χ3n) is 4.95. The fourth-order valence-corrected chi connectivity index (χ4v) is 3.57. The van der Waals surface area contributed by atoms with Crippen LogP contribution in [0.15, 0.2) is 24.3 Å². The summed E-state index contributed by atoms with van der Waals surface area (Å²) in [7, 11) is 1.64. The fraction of sp³-hybridized carbons (Fsp3) is 0.611. The van der Waals surface area contributed by atoms with E-state index in [1.54, 1.807) is 7.11 Å². The lowest BCUT2D eigenvalue weighted by atomic mass is 9.61.